The lowest BCUT2D eigenvalue weighted by molar-refractivity contribution is -0.384. The molecule has 0 aromatic heterocycles. The number of non-ortho nitro benzene ring substituents is 1. The molecule has 8 heteroatoms. The van der Waals surface area contributed by atoms with Crippen molar-refractivity contribution in [2.75, 3.05) is 7.11 Å². The van der Waals surface area contributed by atoms with Crippen LogP contribution in [0.4, 0.5) is 5.69 Å². The molecule has 0 heterocycles. The van der Waals surface area contributed by atoms with Crippen molar-refractivity contribution >= 4 is 19.3 Å². The van der Waals surface area contributed by atoms with Crippen LogP contribution in [-0.2, 0) is 15.9 Å². The molecule has 1 aromatic rings. The van der Waals surface area contributed by atoms with Crippen LogP contribution in [0.5, 0.6) is 0 Å². The Morgan fingerprint density at radius 3 is 2.61 bits per heavy atom. The van der Waals surface area contributed by atoms with E-state index in [1.807, 2.05) is 0 Å². The van der Waals surface area contributed by atoms with Gasteiger partial charge >= 0.3 is 13.6 Å². The minimum Gasteiger partial charge on any atom is -0.480 e. The van der Waals surface area contributed by atoms with Gasteiger partial charge in [0.25, 0.3) is 5.69 Å². The van der Waals surface area contributed by atoms with Gasteiger partial charge in [0.05, 0.1) is 4.92 Å². The fourth-order valence-electron chi connectivity index (χ4n) is 1.42. The number of carboxylic acids is 1. The van der Waals surface area contributed by atoms with E-state index >= 15 is 0 Å². The number of hydrogen-bond acceptors (Lipinski definition) is 5. The number of benzene rings is 1. The molecule has 0 fully saturated rings. The number of nitrogens with one attached hydrogen (secondary N) is 1. The van der Waals surface area contributed by atoms with Crippen LogP contribution in [0.2, 0.25) is 0 Å². The average Bonchev–Trinajstić information content (AvgIpc) is 2.34. The van der Waals surface area contributed by atoms with Gasteiger partial charge in [0.2, 0.25) is 0 Å². The monoisotopic (exact) mass is 252 g/mol. The average molecular weight is 252 g/mol. The smallest absolute Gasteiger partial charge is 0.361 e. The summed E-state index contributed by atoms with van der Waals surface area (Å²) in [6, 6.07) is 5.01. The van der Waals surface area contributed by atoms with Gasteiger partial charge in [-0.05, 0) is 12.0 Å². The van der Waals surface area contributed by atoms with Crippen LogP contribution in [-0.4, -0.2) is 36.8 Å². The van der Waals surface area contributed by atoms with Crippen LogP contribution in [0.25, 0.3) is 0 Å². The standard InChI is InChI=1S/C10H13BN2O5/c1-18-11-12-9(10(14)15)6-7-2-4-8(5-3-7)13(16)17/h2-5,9,11-12H,6H2,1H3,(H,14,15)/t9-/m1/s1. The number of carboxylic acid groups (broad SMARTS) is 1. The molecular formula is C10H13BN2O5. The van der Waals surface area contributed by atoms with E-state index in [2.05, 4.69) is 5.23 Å². The summed E-state index contributed by atoms with van der Waals surface area (Å²) in [5.74, 6) is -0.995. The van der Waals surface area contributed by atoms with Crippen molar-refractivity contribution in [3.05, 3.63) is 39.9 Å². The fraction of sp³-hybridized carbons (Fsp3) is 0.300. The van der Waals surface area contributed by atoms with E-state index in [0.717, 1.165) is 0 Å². The van der Waals surface area contributed by atoms with Gasteiger partial charge in [-0.25, -0.2) is 0 Å². The first-order chi connectivity index (χ1) is 8.54. The predicted octanol–water partition coefficient (Wildman–Crippen LogP) is 0.0930. The number of nitro groups is 1. The van der Waals surface area contributed by atoms with E-state index in [-0.39, 0.29) is 19.7 Å². The van der Waals surface area contributed by atoms with E-state index < -0.39 is 16.9 Å². The molecule has 0 aliphatic rings. The summed E-state index contributed by atoms with van der Waals surface area (Å²) in [4.78, 5) is 20.9. The Morgan fingerprint density at radius 1 is 1.56 bits per heavy atom. The van der Waals surface area contributed by atoms with Gasteiger partial charge in [-0.3, -0.25) is 14.9 Å². The quantitative estimate of drug-likeness (QED) is 0.405. The molecule has 0 amide bonds. The molecule has 2 N–H and O–H groups in total. The molecule has 18 heavy (non-hydrogen) atoms. The van der Waals surface area contributed by atoms with Crippen LogP contribution in [0, 0.1) is 10.1 Å². The second-order valence-electron chi connectivity index (χ2n) is 3.66. The van der Waals surface area contributed by atoms with Gasteiger partial charge < -0.3 is 15.0 Å². The van der Waals surface area contributed by atoms with E-state index in [1.54, 1.807) is 12.1 Å². The molecule has 1 aromatic carbocycles. The lowest BCUT2D eigenvalue weighted by Gasteiger charge is -2.12. The molecule has 0 aliphatic heterocycles. The Hall–Kier alpha value is -1.93. The SMILES string of the molecule is COBN[C@H](Cc1ccc([N+](=O)[O-])cc1)C(=O)O. The molecule has 0 bridgehead atoms. The van der Waals surface area contributed by atoms with E-state index in [1.165, 1.54) is 19.2 Å². The molecular weight excluding hydrogens is 239 g/mol. The summed E-state index contributed by atoms with van der Waals surface area (Å²) in [5, 5.41) is 22.1. The van der Waals surface area contributed by atoms with Crippen LogP contribution < -0.4 is 5.23 Å². The molecule has 0 unspecified atom stereocenters. The highest BCUT2D eigenvalue weighted by molar-refractivity contribution is 6.24. The zero-order chi connectivity index (χ0) is 13.5. The third kappa shape index (κ3) is 4.15. The lowest BCUT2D eigenvalue weighted by Crippen LogP contribution is -2.41. The minimum atomic E-state index is -0.995. The van der Waals surface area contributed by atoms with Crippen LogP contribution in [0.15, 0.2) is 24.3 Å². The van der Waals surface area contributed by atoms with Gasteiger partial charge in [-0.15, -0.1) is 0 Å². The van der Waals surface area contributed by atoms with Crippen molar-refractivity contribution in [3.8, 4) is 0 Å². The van der Waals surface area contributed by atoms with Crippen LogP contribution >= 0.6 is 0 Å². The lowest BCUT2D eigenvalue weighted by atomic mass is 10.0. The van der Waals surface area contributed by atoms with Crippen molar-refractivity contribution in [2.24, 2.45) is 0 Å². The minimum absolute atomic E-state index is 0.0181. The summed E-state index contributed by atoms with van der Waals surface area (Å²) >= 11 is 0. The topological polar surface area (TPSA) is 102 Å². The number of aliphatic carboxylic acids is 1. The molecule has 0 aliphatic carbocycles. The maximum Gasteiger partial charge on any atom is 0.361 e. The number of nitrogens with zero attached hydrogens (tertiary/aromatic N) is 1. The molecule has 0 saturated carbocycles. The second-order valence-corrected chi connectivity index (χ2v) is 3.66. The first-order valence-corrected chi connectivity index (χ1v) is 5.23. The maximum atomic E-state index is 11.0. The molecule has 96 valence electrons. The predicted molar refractivity (Wildman–Crippen MR) is 65.5 cm³/mol. The van der Waals surface area contributed by atoms with Gasteiger partial charge in [-0.1, -0.05) is 12.1 Å². The first kappa shape index (κ1) is 14.1. The third-order valence-corrected chi connectivity index (χ3v) is 2.36. The molecule has 0 radical (unpaired) electrons. The van der Waals surface area contributed by atoms with E-state index in [9.17, 15) is 14.9 Å². The van der Waals surface area contributed by atoms with Crippen LogP contribution in [0.1, 0.15) is 5.56 Å². The molecule has 1 rings (SSSR count). The summed E-state index contributed by atoms with van der Waals surface area (Å²) in [5.41, 5.74) is 0.687. The Kier molecular flexibility index (Phi) is 5.28. The fourth-order valence-corrected chi connectivity index (χ4v) is 1.42. The van der Waals surface area contributed by atoms with Crippen molar-refractivity contribution in [2.45, 2.75) is 12.5 Å². The van der Waals surface area contributed by atoms with Crippen molar-refractivity contribution < 1.29 is 19.5 Å². The van der Waals surface area contributed by atoms with Gasteiger partial charge in [0.1, 0.15) is 6.04 Å². The summed E-state index contributed by atoms with van der Waals surface area (Å²) in [6.45, 7) is 0. The van der Waals surface area contributed by atoms with Gasteiger partial charge in [0.15, 0.2) is 0 Å². The summed E-state index contributed by atoms with van der Waals surface area (Å²) < 4.78 is 4.75. The molecule has 7 nitrogen and oxygen atoms in total. The third-order valence-electron chi connectivity index (χ3n) is 2.36. The summed E-state index contributed by atoms with van der Waals surface area (Å²) in [7, 11) is 1.59. The maximum absolute atomic E-state index is 11.0. The number of hydrogen-bond donors (Lipinski definition) is 2. The normalized spacial score (nSPS) is 11.8. The number of carbonyl (C=O) groups is 1. The second kappa shape index (κ2) is 6.72. The molecule has 0 spiro atoms. The zero-order valence-corrected chi connectivity index (χ0v) is 9.83. The van der Waals surface area contributed by atoms with E-state index in [0.29, 0.717) is 5.56 Å². The van der Waals surface area contributed by atoms with Crippen LogP contribution in [0.3, 0.4) is 0 Å². The Labute approximate surface area is 104 Å². The van der Waals surface area contributed by atoms with E-state index in [4.69, 9.17) is 9.76 Å². The van der Waals surface area contributed by atoms with Gasteiger partial charge in [0, 0.05) is 19.2 Å². The number of rotatable bonds is 7. The van der Waals surface area contributed by atoms with Crippen molar-refractivity contribution in [1.82, 2.24) is 5.23 Å². The molecule has 1 atom stereocenters. The van der Waals surface area contributed by atoms with Crippen molar-refractivity contribution in [3.63, 3.8) is 0 Å². The molecule has 0 saturated heterocycles. The highest BCUT2D eigenvalue weighted by Gasteiger charge is 2.17. The number of nitro benzene ring substituents is 1. The Balaban J connectivity index is 2.68. The zero-order valence-electron chi connectivity index (χ0n) is 9.83. The highest BCUT2D eigenvalue weighted by atomic mass is 16.6. The Bertz CT molecular complexity index is 423. The Morgan fingerprint density at radius 2 is 2.17 bits per heavy atom. The largest absolute Gasteiger partial charge is 0.480 e. The summed E-state index contributed by atoms with van der Waals surface area (Å²) in [6.07, 6.45) is 0.233. The first-order valence-electron chi connectivity index (χ1n) is 5.23. The highest BCUT2D eigenvalue weighted by Crippen LogP contribution is 2.13. The van der Waals surface area contributed by atoms with Gasteiger partial charge in [-0.2, -0.15) is 0 Å². The van der Waals surface area contributed by atoms with Crippen molar-refractivity contribution in [1.29, 1.82) is 0 Å².